The first-order chi connectivity index (χ1) is 16.2. The zero-order valence-corrected chi connectivity index (χ0v) is 19.8. The highest BCUT2D eigenvalue weighted by atomic mass is 16.5. The Morgan fingerprint density at radius 3 is 2.73 bits per heavy atom. The first-order valence-corrected chi connectivity index (χ1v) is 12.7. The van der Waals surface area contributed by atoms with Crippen molar-refractivity contribution in [3.8, 4) is 5.75 Å². The lowest BCUT2D eigenvalue weighted by molar-refractivity contribution is 0.0646. The fourth-order valence-electron chi connectivity index (χ4n) is 6.42. The number of fused-ring (bicyclic) bond motifs is 4. The fraction of sp³-hybridized carbons (Fsp3) is 0.448. The molecular weight excluding hydrogens is 406 g/mol. The molecule has 3 aliphatic rings. The number of benzene rings is 2. The molecule has 4 heteroatoms. The van der Waals surface area contributed by atoms with Gasteiger partial charge in [-0.05, 0) is 61.6 Å². The van der Waals surface area contributed by atoms with Crippen LogP contribution in [0.2, 0.25) is 0 Å². The fourth-order valence-corrected chi connectivity index (χ4v) is 6.42. The maximum Gasteiger partial charge on any atom is 0.229 e. The summed E-state index contributed by atoms with van der Waals surface area (Å²) in [7, 11) is 0. The molecule has 4 nitrogen and oxygen atoms in total. The molecule has 33 heavy (non-hydrogen) atoms. The van der Waals surface area contributed by atoms with Crippen molar-refractivity contribution < 1.29 is 4.74 Å². The number of aromatic nitrogens is 1. The summed E-state index contributed by atoms with van der Waals surface area (Å²) in [5, 5.41) is 1.04. The van der Waals surface area contributed by atoms with E-state index in [1.165, 1.54) is 49.8 Å². The second-order valence-corrected chi connectivity index (χ2v) is 10.2. The zero-order valence-electron chi connectivity index (χ0n) is 19.8. The molecule has 0 bridgehead atoms. The van der Waals surface area contributed by atoms with Crippen molar-refractivity contribution in [2.24, 2.45) is 10.9 Å². The van der Waals surface area contributed by atoms with E-state index in [2.05, 4.69) is 72.4 Å². The average molecular weight is 440 g/mol. The van der Waals surface area contributed by atoms with Crippen molar-refractivity contribution in [2.45, 2.75) is 69.9 Å². The Hall–Kier alpha value is -2.88. The van der Waals surface area contributed by atoms with E-state index in [1.807, 2.05) is 12.3 Å². The van der Waals surface area contributed by atoms with Crippen molar-refractivity contribution >= 4 is 28.5 Å². The molecule has 1 aromatic heterocycles. The molecule has 2 unspecified atom stereocenters. The van der Waals surface area contributed by atoms with Gasteiger partial charge in [-0.1, -0.05) is 57.2 Å². The Balaban J connectivity index is 1.45. The highest BCUT2D eigenvalue weighted by Crippen LogP contribution is 2.56. The molecule has 3 heterocycles. The van der Waals surface area contributed by atoms with Crippen LogP contribution in [0.3, 0.4) is 0 Å². The summed E-state index contributed by atoms with van der Waals surface area (Å²) >= 11 is 0. The van der Waals surface area contributed by atoms with Gasteiger partial charge in [0, 0.05) is 23.8 Å². The second kappa shape index (κ2) is 7.86. The van der Waals surface area contributed by atoms with E-state index in [9.17, 15) is 0 Å². The van der Waals surface area contributed by atoms with E-state index < -0.39 is 5.72 Å². The Bertz CT molecular complexity index is 1210. The molecule has 0 radical (unpaired) electrons. The molecule has 2 aromatic carbocycles. The number of nitrogens with zero attached hydrogens (tertiary/aromatic N) is 3. The minimum absolute atomic E-state index is 0.193. The molecule has 0 saturated heterocycles. The van der Waals surface area contributed by atoms with Gasteiger partial charge in [0.15, 0.2) is 0 Å². The molecule has 1 aliphatic carbocycles. The molecule has 170 valence electrons. The van der Waals surface area contributed by atoms with E-state index in [1.54, 1.807) is 0 Å². The van der Waals surface area contributed by atoms with E-state index in [-0.39, 0.29) is 5.41 Å². The predicted octanol–water partition coefficient (Wildman–Crippen LogP) is 7.18. The number of aliphatic imine (C=N–C) groups is 1. The summed E-state index contributed by atoms with van der Waals surface area (Å²) in [6, 6.07) is 17.1. The van der Waals surface area contributed by atoms with Crippen LogP contribution in [0.15, 0.2) is 59.7 Å². The topological polar surface area (TPSA) is 37.7 Å². The number of ether oxygens (including phenoxy) is 1. The maximum atomic E-state index is 7.08. The third-order valence-corrected chi connectivity index (χ3v) is 8.53. The van der Waals surface area contributed by atoms with Gasteiger partial charge in [0.25, 0.3) is 0 Å². The van der Waals surface area contributed by atoms with Gasteiger partial charge in [0.2, 0.25) is 5.72 Å². The molecule has 3 aromatic rings. The molecule has 0 amide bonds. The molecule has 2 aliphatic heterocycles. The predicted molar refractivity (Wildman–Crippen MR) is 136 cm³/mol. The Kier molecular flexibility index (Phi) is 4.93. The third-order valence-electron chi connectivity index (χ3n) is 8.53. The van der Waals surface area contributed by atoms with Crippen molar-refractivity contribution in [1.82, 2.24) is 4.98 Å². The van der Waals surface area contributed by atoms with Crippen LogP contribution in [0.25, 0.3) is 10.9 Å². The van der Waals surface area contributed by atoms with Crippen LogP contribution in [0, 0.1) is 5.92 Å². The van der Waals surface area contributed by atoms with Crippen molar-refractivity contribution in [3.63, 3.8) is 0 Å². The number of hydrogen-bond acceptors (Lipinski definition) is 4. The van der Waals surface area contributed by atoms with Crippen molar-refractivity contribution in [1.29, 1.82) is 0 Å². The largest absolute Gasteiger partial charge is 0.459 e. The third kappa shape index (κ3) is 3.03. The second-order valence-electron chi connectivity index (χ2n) is 10.2. The Morgan fingerprint density at radius 1 is 1.03 bits per heavy atom. The van der Waals surface area contributed by atoms with Crippen molar-refractivity contribution in [2.75, 3.05) is 11.4 Å². The summed E-state index contributed by atoms with van der Waals surface area (Å²) in [4.78, 5) is 12.1. The van der Waals surface area contributed by atoms with E-state index in [0.29, 0.717) is 0 Å². The first-order valence-electron chi connectivity index (χ1n) is 12.7. The molecule has 1 saturated carbocycles. The van der Waals surface area contributed by atoms with Gasteiger partial charge in [-0.3, -0.25) is 9.98 Å². The Labute approximate surface area is 196 Å². The normalized spacial score (nSPS) is 26.4. The van der Waals surface area contributed by atoms with Crippen LogP contribution in [-0.4, -0.2) is 23.5 Å². The van der Waals surface area contributed by atoms with Gasteiger partial charge >= 0.3 is 0 Å². The van der Waals surface area contributed by atoms with Gasteiger partial charge in [-0.25, -0.2) is 0 Å². The standard InChI is InChI=1S/C29H33N3O/c1-3-28(2)23-13-7-8-14-25(23)32(19-17-21-10-5-4-6-11-21)29(28)20-31-27-22-12-9-18-30-24(22)15-16-26(27)33-29/h7-9,12-16,18,20-21H,3-6,10-11,17,19H2,1-2H3. The van der Waals surface area contributed by atoms with Crippen LogP contribution in [0.4, 0.5) is 11.4 Å². The lowest BCUT2D eigenvalue weighted by Crippen LogP contribution is -2.63. The molecule has 0 N–H and O–H groups in total. The molecular formula is C29H33N3O. The van der Waals surface area contributed by atoms with Gasteiger partial charge in [-0.2, -0.15) is 0 Å². The first kappa shape index (κ1) is 20.7. The number of rotatable bonds is 4. The van der Waals surface area contributed by atoms with Gasteiger partial charge < -0.3 is 9.64 Å². The molecule has 6 rings (SSSR count). The van der Waals surface area contributed by atoms with Crippen LogP contribution >= 0.6 is 0 Å². The highest BCUT2D eigenvalue weighted by molar-refractivity contribution is 5.98. The smallest absolute Gasteiger partial charge is 0.229 e. The number of pyridine rings is 1. The number of para-hydroxylation sites is 1. The quantitative estimate of drug-likeness (QED) is 0.432. The van der Waals surface area contributed by atoms with Gasteiger partial charge in [-0.15, -0.1) is 0 Å². The molecule has 2 atom stereocenters. The number of anilines is 1. The summed E-state index contributed by atoms with van der Waals surface area (Å²) in [5.41, 5.74) is 3.70. The van der Waals surface area contributed by atoms with E-state index in [0.717, 1.165) is 41.2 Å². The number of hydrogen-bond donors (Lipinski definition) is 0. The van der Waals surface area contributed by atoms with Crippen LogP contribution in [0.1, 0.15) is 64.4 Å². The minimum Gasteiger partial charge on any atom is -0.459 e. The van der Waals surface area contributed by atoms with Crippen molar-refractivity contribution in [3.05, 3.63) is 60.3 Å². The van der Waals surface area contributed by atoms with Crippen LogP contribution in [-0.2, 0) is 5.41 Å². The average Bonchev–Trinajstić information content (AvgIpc) is 3.07. The summed E-state index contributed by atoms with van der Waals surface area (Å²) in [6.45, 7) is 5.63. The lowest BCUT2D eigenvalue weighted by atomic mass is 9.73. The molecule has 1 fully saturated rings. The highest BCUT2D eigenvalue weighted by Gasteiger charge is 2.61. The van der Waals surface area contributed by atoms with Gasteiger partial charge in [0.1, 0.15) is 11.4 Å². The maximum absolute atomic E-state index is 7.08. The van der Waals surface area contributed by atoms with Crippen LogP contribution in [0.5, 0.6) is 5.75 Å². The minimum atomic E-state index is -0.622. The van der Waals surface area contributed by atoms with E-state index in [4.69, 9.17) is 9.73 Å². The van der Waals surface area contributed by atoms with Gasteiger partial charge in [0.05, 0.1) is 17.1 Å². The Morgan fingerprint density at radius 2 is 1.88 bits per heavy atom. The lowest BCUT2D eigenvalue weighted by Gasteiger charge is -2.48. The SMILES string of the molecule is CCC1(C)c2ccccc2N(CCC2CCCCC2)C12C=Nc1c(ccc3ncccc13)O2. The molecule has 1 spiro atoms. The summed E-state index contributed by atoms with van der Waals surface area (Å²) in [6.07, 6.45) is 13.0. The zero-order chi connectivity index (χ0) is 22.5. The monoisotopic (exact) mass is 439 g/mol. The van der Waals surface area contributed by atoms with E-state index >= 15 is 0 Å². The summed E-state index contributed by atoms with van der Waals surface area (Å²) in [5.74, 6) is 1.67. The van der Waals surface area contributed by atoms with Crippen LogP contribution < -0.4 is 9.64 Å². The summed E-state index contributed by atoms with van der Waals surface area (Å²) < 4.78 is 7.08.